The number of benzene rings is 1. The Labute approximate surface area is 188 Å². The van der Waals surface area contributed by atoms with Gasteiger partial charge < -0.3 is 14.8 Å². The number of aromatic nitrogens is 4. The second-order valence-electron chi connectivity index (χ2n) is 7.02. The van der Waals surface area contributed by atoms with Gasteiger partial charge in [0.05, 0.1) is 5.75 Å². The molecular formula is C23H30N6OS. The van der Waals surface area contributed by atoms with Gasteiger partial charge in [-0.05, 0) is 57.0 Å². The van der Waals surface area contributed by atoms with Crippen LogP contribution in [0.5, 0.6) is 0 Å². The highest BCUT2D eigenvalue weighted by atomic mass is 32.2. The lowest BCUT2D eigenvalue weighted by atomic mass is 10.1. The lowest BCUT2D eigenvalue weighted by Gasteiger charge is -2.19. The molecule has 1 N–H and O–H groups in total. The summed E-state index contributed by atoms with van der Waals surface area (Å²) >= 11 is 1.39. The average Bonchev–Trinajstić information content (AvgIpc) is 3.22. The van der Waals surface area contributed by atoms with Crippen molar-refractivity contribution in [2.24, 2.45) is 0 Å². The summed E-state index contributed by atoms with van der Waals surface area (Å²) in [6, 6.07) is 12.0. The molecule has 0 radical (unpaired) electrons. The maximum Gasteiger partial charge on any atom is 0.234 e. The van der Waals surface area contributed by atoms with Crippen molar-refractivity contribution in [2.45, 2.75) is 45.8 Å². The predicted molar refractivity (Wildman–Crippen MR) is 128 cm³/mol. The number of carbonyl (C=O) groups excluding carboxylic acids is 1. The van der Waals surface area contributed by atoms with Gasteiger partial charge in [-0.2, -0.15) is 0 Å². The van der Waals surface area contributed by atoms with Crippen molar-refractivity contribution in [2.75, 3.05) is 29.1 Å². The Bertz CT molecular complexity index is 980. The first-order valence-electron chi connectivity index (χ1n) is 10.8. The number of carbonyl (C=O) groups is 1. The minimum absolute atomic E-state index is 0.0632. The Balaban J connectivity index is 1.66. The van der Waals surface area contributed by atoms with E-state index in [4.69, 9.17) is 0 Å². The summed E-state index contributed by atoms with van der Waals surface area (Å²) in [6.07, 6.45) is 2.82. The summed E-state index contributed by atoms with van der Waals surface area (Å²) in [7, 11) is 0. The average molecular weight is 439 g/mol. The quantitative estimate of drug-likeness (QED) is 0.470. The molecule has 0 aliphatic heterocycles. The molecule has 1 amide bonds. The van der Waals surface area contributed by atoms with E-state index in [1.165, 1.54) is 17.3 Å². The molecule has 0 saturated carbocycles. The van der Waals surface area contributed by atoms with Crippen molar-refractivity contribution in [1.82, 2.24) is 19.7 Å². The van der Waals surface area contributed by atoms with Crippen LogP contribution < -0.4 is 10.2 Å². The molecule has 1 aromatic carbocycles. The standard InChI is InChI=1S/C23H30N6OS/c1-5-17-9-12-19(13-10-17)25-21(30)16-31-23-27-26-22(29(23)8-4)18-11-14-20(24-15-18)28(6-2)7-3/h9-15H,5-8,16H2,1-4H3,(H,25,30). The number of anilines is 2. The first-order valence-corrected chi connectivity index (χ1v) is 11.7. The van der Waals surface area contributed by atoms with Crippen LogP contribution >= 0.6 is 11.8 Å². The van der Waals surface area contributed by atoms with Gasteiger partial charge in [0.15, 0.2) is 11.0 Å². The van der Waals surface area contributed by atoms with Gasteiger partial charge in [-0.15, -0.1) is 10.2 Å². The topological polar surface area (TPSA) is 75.9 Å². The zero-order valence-corrected chi connectivity index (χ0v) is 19.4. The molecule has 0 aliphatic carbocycles. The third-order valence-corrected chi connectivity index (χ3v) is 6.07. The molecular weight excluding hydrogens is 408 g/mol. The van der Waals surface area contributed by atoms with E-state index in [9.17, 15) is 4.79 Å². The largest absolute Gasteiger partial charge is 0.357 e. The zero-order chi connectivity index (χ0) is 22.2. The third kappa shape index (κ3) is 5.64. The molecule has 0 bridgehead atoms. The second kappa shape index (κ2) is 10.9. The molecule has 0 atom stereocenters. The van der Waals surface area contributed by atoms with Crippen LogP contribution in [-0.4, -0.2) is 44.5 Å². The highest BCUT2D eigenvalue weighted by Crippen LogP contribution is 2.25. The molecule has 0 saturated heterocycles. The number of hydrogen-bond donors (Lipinski definition) is 1. The summed E-state index contributed by atoms with van der Waals surface area (Å²) in [5, 5.41) is 12.3. The normalized spacial score (nSPS) is 10.8. The monoisotopic (exact) mass is 438 g/mol. The molecule has 3 aromatic rings. The van der Waals surface area contributed by atoms with Crippen LogP contribution in [0.1, 0.15) is 33.3 Å². The number of nitrogens with one attached hydrogen (secondary N) is 1. The number of rotatable bonds is 10. The molecule has 7 nitrogen and oxygen atoms in total. The van der Waals surface area contributed by atoms with Crippen LogP contribution in [0, 0.1) is 0 Å². The van der Waals surface area contributed by atoms with Gasteiger partial charge in [-0.3, -0.25) is 4.79 Å². The van der Waals surface area contributed by atoms with E-state index in [1.807, 2.05) is 54.1 Å². The highest BCUT2D eigenvalue weighted by molar-refractivity contribution is 7.99. The van der Waals surface area contributed by atoms with Gasteiger partial charge in [0, 0.05) is 37.1 Å². The number of thioether (sulfide) groups is 1. The molecule has 0 unspecified atom stereocenters. The summed E-state index contributed by atoms with van der Waals surface area (Å²) in [4.78, 5) is 19.2. The molecule has 2 aromatic heterocycles. The fourth-order valence-electron chi connectivity index (χ4n) is 3.30. The van der Waals surface area contributed by atoms with Crippen LogP contribution in [-0.2, 0) is 17.8 Å². The second-order valence-corrected chi connectivity index (χ2v) is 7.96. The Kier molecular flexibility index (Phi) is 8.06. The Hall–Kier alpha value is -2.87. The zero-order valence-electron chi connectivity index (χ0n) is 18.6. The third-order valence-electron chi connectivity index (χ3n) is 5.10. The first-order chi connectivity index (χ1) is 15.1. The van der Waals surface area contributed by atoms with Gasteiger partial charge in [0.25, 0.3) is 0 Å². The van der Waals surface area contributed by atoms with Crippen molar-refractivity contribution < 1.29 is 4.79 Å². The predicted octanol–water partition coefficient (Wildman–Crippen LogP) is 4.50. The Morgan fingerprint density at radius 3 is 2.35 bits per heavy atom. The number of hydrogen-bond acceptors (Lipinski definition) is 6. The van der Waals surface area contributed by atoms with Crippen LogP contribution in [0.2, 0.25) is 0 Å². The van der Waals surface area contributed by atoms with E-state index >= 15 is 0 Å². The highest BCUT2D eigenvalue weighted by Gasteiger charge is 2.15. The van der Waals surface area contributed by atoms with Crippen LogP contribution in [0.3, 0.4) is 0 Å². The van der Waals surface area contributed by atoms with Gasteiger partial charge >= 0.3 is 0 Å². The fraction of sp³-hybridized carbons (Fsp3) is 0.391. The maximum absolute atomic E-state index is 12.4. The van der Waals surface area contributed by atoms with Crippen LogP contribution in [0.15, 0.2) is 47.8 Å². The summed E-state index contributed by atoms with van der Waals surface area (Å²) < 4.78 is 2.02. The smallest absolute Gasteiger partial charge is 0.234 e. The number of aryl methyl sites for hydroxylation is 1. The molecule has 3 rings (SSSR count). The molecule has 164 valence electrons. The first kappa shape index (κ1) is 22.8. The van der Waals surface area contributed by atoms with Crippen molar-refractivity contribution in [1.29, 1.82) is 0 Å². The molecule has 8 heteroatoms. The van der Waals surface area contributed by atoms with Crippen molar-refractivity contribution in [3.8, 4) is 11.4 Å². The van der Waals surface area contributed by atoms with Gasteiger partial charge in [-0.1, -0.05) is 30.8 Å². The molecule has 0 spiro atoms. The van der Waals surface area contributed by atoms with E-state index in [0.717, 1.165) is 47.6 Å². The van der Waals surface area contributed by atoms with Gasteiger partial charge in [0.2, 0.25) is 5.91 Å². The number of nitrogens with zero attached hydrogens (tertiary/aromatic N) is 5. The summed E-state index contributed by atoms with van der Waals surface area (Å²) in [5.41, 5.74) is 2.97. The molecule has 0 fully saturated rings. The van der Waals surface area contributed by atoms with E-state index in [1.54, 1.807) is 0 Å². The maximum atomic E-state index is 12.4. The van der Waals surface area contributed by atoms with E-state index in [2.05, 4.69) is 46.2 Å². The molecule has 0 aliphatic rings. The van der Waals surface area contributed by atoms with E-state index in [-0.39, 0.29) is 11.7 Å². The lowest BCUT2D eigenvalue weighted by molar-refractivity contribution is -0.113. The van der Waals surface area contributed by atoms with Gasteiger partial charge in [-0.25, -0.2) is 4.98 Å². The van der Waals surface area contributed by atoms with Crippen molar-refractivity contribution in [3.63, 3.8) is 0 Å². The van der Waals surface area contributed by atoms with Crippen molar-refractivity contribution in [3.05, 3.63) is 48.2 Å². The minimum atomic E-state index is -0.0632. The molecule has 31 heavy (non-hydrogen) atoms. The van der Waals surface area contributed by atoms with Crippen LogP contribution in [0.25, 0.3) is 11.4 Å². The Morgan fingerprint density at radius 2 is 1.77 bits per heavy atom. The SMILES string of the molecule is CCc1ccc(NC(=O)CSc2nnc(-c3ccc(N(CC)CC)nc3)n2CC)cc1. The summed E-state index contributed by atoms with van der Waals surface area (Å²) in [6.45, 7) is 10.9. The lowest BCUT2D eigenvalue weighted by Crippen LogP contribution is -2.22. The van der Waals surface area contributed by atoms with E-state index in [0.29, 0.717) is 6.54 Å². The minimum Gasteiger partial charge on any atom is -0.357 e. The number of amides is 1. The van der Waals surface area contributed by atoms with Crippen LogP contribution in [0.4, 0.5) is 11.5 Å². The molecule has 2 heterocycles. The van der Waals surface area contributed by atoms with E-state index < -0.39 is 0 Å². The fourth-order valence-corrected chi connectivity index (χ4v) is 4.10. The summed E-state index contributed by atoms with van der Waals surface area (Å²) in [5.74, 6) is 1.92. The van der Waals surface area contributed by atoms with Gasteiger partial charge in [0.1, 0.15) is 5.82 Å². The number of pyridine rings is 1. The van der Waals surface area contributed by atoms with Crippen molar-refractivity contribution >= 4 is 29.2 Å². The Morgan fingerprint density at radius 1 is 1.03 bits per heavy atom.